The molecule has 4 rings (SSSR count). The number of nitrogens with zero attached hydrogens (tertiary/aromatic N) is 2. The minimum atomic E-state index is -0.908. The predicted octanol–water partition coefficient (Wildman–Crippen LogP) is 2.17. The molecule has 2 N–H and O–H groups in total. The number of anilines is 1. The summed E-state index contributed by atoms with van der Waals surface area (Å²) in [6.07, 6.45) is 2.54. The number of carbonyl (C=O) groups excluding carboxylic acids is 1. The first-order valence-electron chi connectivity index (χ1n) is 9.28. The topological polar surface area (TPSA) is 93.3 Å². The molecule has 0 saturated heterocycles. The Labute approximate surface area is 156 Å². The van der Waals surface area contributed by atoms with Crippen LogP contribution in [0.25, 0.3) is 5.69 Å². The zero-order chi connectivity index (χ0) is 19.3. The van der Waals surface area contributed by atoms with Crippen LogP contribution in [-0.2, 0) is 16.6 Å². The molecule has 2 bridgehead atoms. The molecule has 1 heterocycles. The Morgan fingerprint density at radius 2 is 1.74 bits per heavy atom. The summed E-state index contributed by atoms with van der Waals surface area (Å²) < 4.78 is 3.20. The van der Waals surface area contributed by atoms with E-state index in [0.717, 1.165) is 19.3 Å². The number of carboxylic acid groups (broad SMARTS) is 1. The van der Waals surface area contributed by atoms with Gasteiger partial charge in [-0.15, -0.1) is 0 Å². The van der Waals surface area contributed by atoms with Gasteiger partial charge in [-0.3, -0.25) is 19.1 Å². The molecule has 0 spiro atoms. The van der Waals surface area contributed by atoms with E-state index in [0.29, 0.717) is 11.4 Å². The fourth-order valence-corrected chi connectivity index (χ4v) is 4.94. The third-order valence-corrected chi connectivity index (χ3v) is 6.31. The molecule has 2 aromatic rings. The van der Waals surface area contributed by atoms with Gasteiger partial charge in [-0.1, -0.05) is 18.2 Å². The number of hydrogen-bond donors (Lipinski definition) is 2. The first-order valence-corrected chi connectivity index (χ1v) is 9.28. The lowest BCUT2D eigenvalue weighted by molar-refractivity contribution is -0.148. The molecule has 1 aromatic heterocycles. The summed E-state index contributed by atoms with van der Waals surface area (Å²) in [5.41, 5.74) is 1.24. The lowest BCUT2D eigenvalue weighted by atomic mass is 9.78. The van der Waals surface area contributed by atoms with Crippen molar-refractivity contribution in [2.75, 3.05) is 5.32 Å². The van der Waals surface area contributed by atoms with Crippen molar-refractivity contribution >= 4 is 17.6 Å². The molecule has 27 heavy (non-hydrogen) atoms. The summed E-state index contributed by atoms with van der Waals surface area (Å²) in [6.45, 7) is 1.77. The van der Waals surface area contributed by atoms with E-state index in [9.17, 15) is 19.5 Å². The summed E-state index contributed by atoms with van der Waals surface area (Å²) in [4.78, 5) is 37.6. The van der Waals surface area contributed by atoms with Crippen molar-refractivity contribution in [2.24, 2.45) is 30.7 Å². The molecular formula is C20H23N3O4. The molecule has 0 aliphatic heterocycles. The molecule has 7 heteroatoms. The van der Waals surface area contributed by atoms with Crippen molar-refractivity contribution in [1.82, 2.24) is 9.36 Å². The Kier molecular flexibility index (Phi) is 4.17. The second kappa shape index (κ2) is 6.40. The van der Waals surface area contributed by atoms with Crippen LogP contribution >= 0.6 is 0 Å². The summed E-state index contributed by atoms with van der Waals surface area (Å²) in [6, 6.07) is 9.20. The van der Waals surface area contributed by atoms with E-state index in [2.05, 4.69) is 5.32 Å². The van der Waals surface area contributed by atoms with Crippen LogP contribution in [-0.4, -0.2) is 26.3 Å². The molecular weight excluding hydrogens is 346 g/mol. The van der Waals surface area contributed by atoms with Crippen molar-refractivity contribution in [1.29, 1.82) is 0 Å². The standard InChI is InChI=1S/C20H23N3O4/c1-11-17(19(25)23(22(11)2)14-6-4-3-5-7-14)21-18(24)15-12-8-9-13(10-12)16(15)20(26)27/h3-7,12-13,15-16H,8-10H2,1-2H3,(H,21,24)(H,26,27)/t12-,13-,15-,16+/m0/s1. The number of hydrogen-bond acceptors (Lipinski definition) is 3. The molecule has 1 amide bonds. The maximum absolute atomic E-state index is 12.9. The molecule has 2 aliphatic rings. The number of nitrogens with one attached hydrogen (secondary N) is 1. The molecule has 7 nitrogen and oxygen atoms in total. The van der Waals surface area contributed by atoms with E-state index < -0.39 is 17.8 Å². The third-order valence-electron chi connectivity index (χ3n) is 6.31. The van der Waals surface area contributed by atoms with Crippen molar-refractivity contribution in [3.8, 4) is 5.69 Å². The fourth-order valence-electron chi connectivity index (χ4n) is 4.94. The average Bonchev–Trinajstić information content (AvgIpc) is 3.32. The highest BCUT2D eigenvalue weighted by Gasteiger charge is 2.54. The number of carbonyl (C=O) groups is 2. The largest absolute Gasteiger partial charge is 0.481 e. The van der Waals surface area contributed by atoms with Crippen molar-refractivity contribution in [3.63, 3.8) is 0 Å². The number of para-hydroxylation sites is 1. The number of carboxylic acids is 1. The Bertz CT molecular complexity index is 960. The highest BCUT2D eigenvalue weighted by atomic mass is 16.4. The second-order valence-corrected chi connectivity index (χ2v) is 7.65. The van der Waals surface area contributed by atoms with Crippen LogP contribution in [0.15, 0.2) is 35.1 Å². The van der Waals surface area contributed by atoms with Gasteiger partial charge in [-0.05, 0) is 50.2 Å². The minimum absolute atomic E-state index is 0.0705. The van der Waals surface area contributed by atoms with Crippen LogP contribution < -0.4 is 10.9 Å². The molecule has 4 atom stereocenters. The Morgan fingerprint density at radius 3 is 2.37 bits per heavy atom. The SMILES string of the molecule is Cc1c(NC(=O)[C@H]2[C@H]3CC[C@@H](C3)[C@H]2C(=O)O)c(=O)n(-c2ccccc2)n1C. The summed E-state index contributed by atoms with van der Waals surface area (Å²) in [7, 11) is 1.76. The van der Waals surface area contributed by atoms with Crippen LogP contribution in [0.4, 0.5) is 5.69 Å². The van der Waals surface area contributed by atoms with Crippen LogP contribution in [0.1, 0.15) is 25.0 Å². The summed E-state index contributed by atoms with van der Waals surface area (Å²) in [5, 5.41) is 12.3. The van der Waals surface area contributed by atoms with Gasteiger partial charge in [-0.25, -0.2) is 4.68 Å². The van der Waals surface area contributed by atoms with Gasteiger partial charge in [-0.2, -0.15) is 0 Å². The number of aromatic nitrogens is 2. The van der Waals surface area contributed by atoms with Gasteiger partial charge in [0.1, 0.15) is 5.69 Å². The maximum Gasteiger partial charge on any atom is 0.307 e. The third kappa shape index (κ3) is 2.69. The van der Waals surface area contributed by atoms with Crippen molar-refractivity contribution in [2.45, 2.75) is 26.2 Å². The van der Waals surface area contributed by atoms with E-state index in [1.807, 2.05) is 30.3 Å². The number of fused-ring (bicyclic) bond motifs is 2. The molecule has 142 valence electrons. The van der Waals surface area contributed by atoms with Gasteiger partial charge in [0.25, 0.3) is 5.56 Å². The van der Waals surface area contributed by atoms with E-state index in [4.69, 9.17) is 0 Å². The summed E-state index contributed by atoms with van der Waals surface area (Å²) >= 11 is 0. The highest BCUT2D eigenvalue weighted by Crippen LogP contribution is 2.52. The van der Waals surface area contributed by atoms with Gasteiger partial charge in [0.05, 0.1) is 23.2 Å². The predicted molar refractivity (Wildman–Crippen MR) is 99.8 cm³/mol. The zero-order valence-corrected chi connectivity index (χ0v) is 15.4. The minimum Gasteiger partial charge on any atom is -0.481 e. The maximum atomic E-state index is 12.9. The number of aliphatic carboxylic acids is 1. The van der Waals surface area contributed by atoms with Crippen LogP contribution in [0.3, 0.4) is 0 Å². The average molecular weight is 369 g/mol. The van der Waals surface area contributed by atoms with Crippen molar-refractivity contribution < 1.29 is 14.7 Å². The lowest BCUT2D eigenvalue weighted by Crippen LogP contribution is -2.38. The van der Waals surface area contributed by atoms with Gasteiger partial charge >= 0.3 is 5.97 Å². The van der Waals surface area contributed by atoms with Gasteiger partial charge < -0.3 is 10.4 Å². The van der Waals surface area contributed by atoms with E-state index in [1.54, 1.807) is 18.7 Å². The van der Waals surface area contributed by atoms with Gasteiger partial charge in [0, 0.05) is 7.05 Å². The molecule has 2 fully saturated rings. The number of benzene rings is 1. The van der Waals surface area contributed by atoms with E-state index in [-0.39, 0.29) is 29.0 Å². The first kappa shape index (κ1) is 17.6. The molecule has 0 unspecified atom stereocenters. The van der Waals surface area contributed by atoms with Crippen molar-refractivity contribution in [3.05, 3.63) is 46.4 Å². The first-order chi connectivity index (χ1) is 12.9. The Hall–Kier alpha value is -2.83. The van der Waals surface area contributed by atoms with Crippen LogP contribution in [0, 0.1) is 30.6 Å². The lowest BCUT2D eigenvalue weighted by Gasteiger charge is -2.26. The van der Waals surface area contributed by atoms with Gasteiger partial charge in [0.2, 0.25) is 5.91 Å². The highest BCUT2D eigenvalue weighted by molar-refractivity contribution is 5.96. The quantitative estimate of drug-likeness (QED) is 0.864. The fraction of sp³-hybridized carbons (Fsp3) is 0.450. The Morgan fingerprint density at radius 1 is 1.11 bits per heavy atom. The number of amides is 1. The monoisotopic (exact) mass is 369 g/mol. The van der Waals surface area contributed by atoms with Crippen LogP contribution in [0.2, 0.25) is 0 Å². The normalized spacial score (nSPS) is 26.3. The van der Waals surface area contributed by atoms with E-state index in [1.165, 1.54) is 4.68 Å². The number of rotatable bonds is 4. The van der Waals surface area contributed by atoms with Crippen LogP contribution in [0.5, 0.6) is 0 Å². The molecule has 2 aliphatic carbocycles. The van der Waals surface area contributed by atoms with E-state index >= 15 is 0 Å². The Balaban J connectivity index is 1.67. The molecule has 2 saturated carbocycles. The summed E-state index contributed by atoms with van der Waals surface area (Å²) in [5.74, 6) is -2.30. The smallest absolute Gasteiger partial charge is 0.307 e. The second-order valence-electron chi connectivity index (χ2n) is 7.65. The molecule has 1 aromatic carbocycles. The molecule has 0 radical (unpaired) electrons. The zero-order valence-electron chi connectivity index (χ0n) is 15.4. The van der Waals surface area contributed by atoms with Gasteiger partial charge in [0.15, 0.2) is 0 Å².